The van der Waals surface area contributed by atoms with Crippen molar-refractivity contribution in [1.82, 2.24) is 0 Å². The largest absolute Gasteiger partial charge is 0.321 e. The Bertz CT molecular complexity index is 601. The summed E-state index contributed by atoms with van der Waals surface area (Å²) in [5.41, 5.74) is 1.80. The van der Waals surface area contributed by atoms with Gasteiger partial charge in [-0.2, -0.15) is 0 Å². The van der Waals surface area contributed by atoms with Gasteiger partial charge in [0.15, 0.2) is 5.78 Å². The number of para-hydroxylation sites is 1. The monoisotopic (exact) mass is 259 g/mol. The van der Waals surface area contributed by atoms with E-state index in [1.54, 1.807) is 12.1 Å². The summed E-state index contributed by atoms with van der Waals surface area (Å²) in [6, 6.07) is 10.9. The van der Waals surface area contributed by atoms with Gasteiger partial charge in [-0.25, -0.2) is 0 Å². The molecule has 0 aliphatic heterocycles. The molecular formula is C14H13NO2S. The Morgan fingerprint density at radius 1 is 1.06 bits per heavy atom. The van der Waals surface area contributed by atoms with E-state index < -0.39 is 0 Å². The summed E-state index contributed by atoms with van der Waals surface area (Å²) in [6.07, 6.45) is 0. The minimum absolute atomic E-state index is 0.0186. The molecule has 0 aliphatic rings. The number of amides is 1. The summed E-state index contributed by atoms with van der Waals surface area (Å²) in [5, 5.41) is 2.84. The average Bonchev–Trinajstić information content (AvgIpc) is 2.81. The van der Waals surface area contributed by atoms with Gasteiger partial charge in [0.1, 0.15) is 0 Å². The molecule has 0 atom stereocenters. The van der Waals surface area contributed by atoms with Crippen molar-refractivity contribution in [2.24, 2.45) is 0 Å². The Balaban J connectivity index is 2.17. The lowest BCUT2D eigenvalue weighted by molar-refractivity contribution is 0.101. The lowest BCUT2D eigenvalue weighted by Gasteiger charge is -2.06. The standard InChI is InChI=1S/C14H13NO2S/c1-9-5-3-4-6-11(9)15-14(17)13-8-7-12(18-13)10(2)16/h3-8H,1-2H3,(H,15,17). The third-order valence-electron chi connectivity index (χ3n) is 2.57. The van der Waals surface area contributed by atoms with Crippen LogP contribution in [-0.4, -0.2) is 11.7 Å². The number of ketones is 1. The van der Waals surface area contributed by atoms with E-state index in [4.69, 9.17) is 0 Å². The minimum atomic E-state index is -0.179. The normalized spacial score (nSPS) is 10.1. The van der Waals surface area contributed by atoms with Gasteiger partial charge in [-0.05, 0) is 37.6 Å². The zero-order valence-corrected chi connectivity index (χ0v) is 11.0. The highest BCUT2D eigenvalue weighted by Gasteiger charge is 2.12. The van der Waals surface area contributed by atoms with Gasteiger partial charge in [-0.3, -0.25) is 9.59 Å². The van der Waals surface area contributed by atoms with Crippen LogP contribution in [0.25, 0.3) is 0 Å². The van der Waals surface area contributed by atoms with Crippen molar-refractivity contribution in [3.05, 3.63) is 51.7 Å². The Hall–Kier alpha value is -1.94. The summed E-state index contributed by atoms with van der Waals surface area (Å²) >= 11 is 1.21. The summed E-state index contributed by atoms with van der Waals surface area (Å²) in [5.74, 6) is -0.197. The summed E-state index contributed by atoms with van der Waals surface area (Å²) in [4.78, 5) is 24.3. The number of rotatable bonds is 3. The molecule has 92 valence electrons. The summed E-state index contributed by atoms with van der Waals surface area (Å²) in [6.45, 7) is 3.43. The number of anilines is 1. The first-order chi connectivity index (χ1) is 8.58. The molecule has 0 spiro atoms. The molecule has 0 fully saturated rings. The van der Waals surface area contributed by atoms with Gasteiger partial charge in [0.2, 0.25) is 0 Å². The fraction of sp³-hybridized carbons (Fsp3) is 0.143. The SMILES string of the molecule is CC(=O)c1ccc(C(=O)Nc2ccccc2C)s1. The van der Waals surface area contributed by atoms with Crippen molar-refractivity contribution >= 4 is 28.7 Å². The number of hydrogen-bond acceptors (Lipinski definition) is 3. The first-order valence-electron chi connectivity index (χ1n) is 5.55. The van der Waals surface area contributed by atoms with Crippen molar-refractivity contribution in [1.29, 1.82) is 0 Å². The molecular weight excluding hydrogens is 246 g/mol. The molecule has 1 amide bonds. The van der Waals surface area contributed by atoms with Crippen molar-refractivity contribution in [3.63, 3.8) is 0 Å². The molecule has 1 N–H and O–H groups in total. The Labute approximate surface area is 109 Å². The van der Waals surface area contributed by atoms with Crippen LogP contribution in [0.3, 0.4) is 0 Å². The number of Topliss-reactive ketones (excluding diaryl/α,β-unsaturated/α-hetero) is 1. The van der Waals surface area contributed by atoms with Crippen LogP contribution in [0.5, 0.6) is 0 Å². The van der Waals surface area contributed by atoms with Gasteiger partial charge < -0.3 is 5.32 Å². The second-order valence-corrected chi connectivity index (χ2v) is 5.07. The second kappa shape index (κ2) is 5.14. The Kier molecular flexibility index (Phi) is 3.58. The van der Waals surface area contributed by atoms with E-state index in [1.165, 1.54) is 18.3 Å². The number of aryl methyl sites for hydroxylation is 1. The summed E-state index contributed by atoms with van der Waals surface area (Å²) < 4.78 is 0. The molecule has 1 aromatic carbocycles. The first-order valence-corrected chi connectivity index (χ1v) is 6.37. The van der Waals surface area contributed by atoms with Crippen molar-refractivity contribution < 1.29 is 9.59 Å². The van der Waals surface area contributed by atoms with E-state index in [2.05, 4.69) is 5.32 Å². The number of carbonyl (C=O) groups is 2. The van der Waals surface area contributed by atoms with Crippen molar-refractivity contribution in [2.75, 3.05) is 5.32 Å². The van der Waals surface area contributed by atoms with E-state index in [0.29, 0.717) is 9.75 Å². The smallest absolute Gasteiger partial charge is 0.265 e. The lowest BCUT2D eigenvalue weighted by Crippen LogP contribution is -2.10. The molecule has 0 saturated heterocycles. The molecule has 1 aromatic heterocycles. The van der Waals surface area contributed by atoms with Crippen molar-refractivity contribution in [3.8, 4) is 0 Å². The molecule has 0 bridgehead atoms. The van der Waals surface area contributed by atoms with Gasteiger partial charge in [0.25, 0.3) is 5.91 Å². The fourth-order valence-corrected chi connectivity index (χ4v) is 2.34. The maximum absolute atomic E-state index is 12.0. The molecule has 0 radical (unpaired) electrons. The van der Waals surface area contributed by atoms with Crippen LogP contribution < -0.4 is 5.32 Å². The third-order valence-corrected chi connectivity index (χ3v) is 3.75. The molecule has 4 heteroatoms. The zero-order valence-electron chi connectivity index (χ0n) is 10.2. The van der Waals surface area contributed by atoms with Crippen molar-refractivity contribution in [2.45, 2.75) is 13.8 Å². The topological polar surface area (TPSA) is 46.2 Å². The second-order valence-electron chi connectivity index (χ2n) is 3.99. The number of thiophene rings is 1. The molecule has 0 unspecified atom stereocenters. The molecule has 1 heterocycles. The molecule has 18 heavy (non-hydrogen) atoms. The van der Waals surface area contributed by atoms with Crippen LogP contribution in [0.1, 0.15) is 31.8 Å². The Morgan fingerprint density at radius 3 is 2.33 bits per heavy atom. The van der Waals surface area contributed by atoms with Crippen LogP contribution in [0.15, 0.2) is 36.4 Å². The summed E-state index contributed by atoms with van der Waals surface area (Å²) in [7, 11) is 0. The van der Waals surface area contributed by atoms with Crippen LogP contribution in [0.2, 0.25) is 0 Å². The average molecular weight is 259 g/mol. The number of hydrogen-bond donors (Lipinski definition) is 1. The highest BCUT2D eigenvalue weighted by molar-refractivity contribution is 7.16. The van der Waals surface area contributed by atoms with Crippen LogP contribution in [-0.2, 0) is 0 Å². The van der Waals surface area contributed by atoms with E-state index in [1.807, 2.05) is 31.2 Å². The van der Waals surface area contributed by atoms with Gasteiger partial charge in [0, 0.05) is 5.69 Å². The molecule has 2 rings (SSSR count). The third kappa shape index (κ3) is 2.65. The fourth-order valence-electron chi connectivity index (χ4n) is 1.55. The maximum atomic E-state index is 12.0. The molecule has 0 aliphatic carbocycles. The van der Waals surface area contributed by atoms with E-state index in [-0.39, 0.29) is 11.7 Å². The zero-order chi connectivity index (χ0) is 13.1. The first kappa shape index (κ1) is 12.5. The predicted octanol–water partition coefficient (Wildman–Crippen LogP) is 3.51. The van der Waals surface area contributed by atoms with Gasteiger partial charge >= 0.3 is 0 Å². The number of nitrogens with one attached hydrogen (secondary N) is 1. The lowest BCUT2D eigenvalue weighted by atomic mass is 10.2. The van der Waals surface area contributed by atoms with Gasteiger partial charge in [-0.1, -0.05) is 18.2 Å². The van der Waals surface area contributed by atoms with Crippen LogP contribution >= 0.6 is 11.3 Å². The molecule has 2 aromatic rings. The highest BCUT2D eigenvalue weighted by Crippen LogP contribution is 2.20. The minimum Gasteiger partial charge on any atom is -0.321 e. The molecule has 0 saturated carbocycles. The Morgan fingerprint density at radius 2 is 1.72 bits per heavy atom. The number of benzene rings is 1. The van der Waals surface area contributed by atoms with Gasteiger partial charge in [-0.15, -0.1) is 11.3 Å². The van der Waals surface area contributed by atoms with Crippen LogP contribution in [0.4, 0.5) is 5.69 Å². The van der Waals surface area contributed by atoms with E-state index in [0.717, 1.165) is 11.3 Å². The maximum Gasteiger partial charge on any atom is 0.265 e. The van der Waals surface area contributed by atoms with E-state index >= 15 is 0 Å². The quantitative estimate of drug-likeness (QED) is 0.857. The van der Waals surface area contributed by atoms with Crippen LogP contribution in [0, 0.1) is 6.92 Å². The molecule has 3 nitrogen and oxygen atoms in total. The van der Waals surface area contributed by atoms with Gasteiger partial charge in [0.05, 0.1) is 9.75 Å². The van der Waals surface area contributed by atoms with E-state index in [9.17, 15) is 9.59 Å². The number of carbonyl (C=O) groups excluding carboxylic acids is 2. The highest BCUT2D eigenvalue weighted by atomic mass is 32.1. The predicted molar refractivity (Wildman–Crippen MR) is 73.5 cm³/mol.